The van der Waals surface area contributed by atoms with Crippen molar-refractivity contribution in [3.05, 3.63) is 60.2 Å². The lowest BCUT2D eigenvalue weighted by Gasteiger charge is -2.13. The Morgan fingerprint density at radius 3 is 2.32 bits per heavy atom. The van der Waals surface area contributed by atoms with Crippen LogP contribution in [0.1, 0.15) is 26.3 Å². The normalized spacial score (nSPS) is 12.5. The van der Waals surface area contributed by atoms with E-state index in [9.17, 15) is 18.0 Å². The maximum Gasteiger partial charge on any atom is 0.331 e. The molecule has 0 aliphatic carbocycles. The van der Waals surface area contributed by atoms with E-state index in [2.05, 4.69) is 10.0 Å². The molecule has 1 amide bonds. The number of hydrogen-bond acceptors (Lipinski definition) is 6. The van der Waals surface area contributed by atoms with Crippen LogP contribution in [0.25, 0.3) is 6.08 Å². The van der Waals surface area contributed by atoms with Gasteiger partial charge in [-0.3, -0.25) is 4.79 Å². The van der Waals surface area contributed by atoms with Crippen LogP contribution in [0.4, 0.5) is 5.69 Å². The third kappa shape index (κ3) is 7.54. The van der Waals surface area contributed by atoms with Crippen LogP contribution < -0.4 is 14.8 Å². The highest BCUT2D eigenvalue weighted by atomic mass is 32.2. The van der Waals surface area contributed by atoms with Crippen molar-refractivity contribution in [1.82, 2.24) is 4.72 Å². The monoisotopic (exact) mass is 446 g/mol. The Labute approximate surface area is 182 Å². The lowest BCUT2D eigenvalue weighted by atomic mass is 10.2. The molecule has 0 spiro atoms. The molecule has 0 aliphatic heterocycles. The molecule has 0 heterocycles. The van der Waals surface area contributed by atoms with Gasteiger partial charge in [0.15, 0.2) is 6.10 Å². The molecule has 8 nitrogen and oxygen atoms in total. The highest BCUT2D eigenvalue weighted by Gasteiger charge is 2.18. The van der Waals surface area contributed by atoms with Crippen LogP contribution >= 0.6 is 0 Å². The first-order valence-electron chi connectivity index (χ1n) is 9.56. The van der Waals surface area contributed by atoms with E-state index < -0.39 is 28.0 Å². The van der Waals surface area contributed by atoms with E-state index in [1.165, 1.54) is 37.3 Å². The van der Waals surface area contributed by atoms with Gasteiger partial charge in [-0.25, -0.2) is 17.9 Å². The van der Waals surface area contributed by atoms with Gasteiger partial charge >= 0.3 is 5.97 Å². The molecule has 0 fully saturated rings. The third-order valence-electron chi connectivity index (χ3n) is 3.99. The Bertz CT molecular complexity index is 1050. The van der Waals surface area contributed by atoms with E-state index >= 15 is 0 Å². The van der Waals surface area contributed by atoms with Gasteiger partial charge in [-0.15, -0.1) is 0 Å². The van der Waals surface area contributed by atoms with Crippen molar-refractivity contribution in [1.29, 1.82) is 0 Å². The van der Waals surface area contributed by atoms with Crippen molar-refractivity contribution >= 4 is 33.7 Å². The number of anilines is 1. The summed E-state index contributed by atoms with van der Waals surface area (Å²) in [6, 6.07) is 12.6. The molecule has 31 heavy (non-hydrogen) atoms. The van der Waals surface area contributed by atoms with Gasteiger partial charge in [0.1, 0.15) is 5.75 Å². The van der Waals surface area contributed by atoms with E-state index in [1.54, 1.807) is 51.3 Å². The van der Waals surface area contributed by atoms with Crippen molar-refractivity contribution in [2.24, 2.45) is 0 Å². The number of nitrogens with one attached hydrogen (secondary N) is 2. The van der Waals surface area contributed by atoms with E-state index in [0.717, 1.165) is 5.56 Å². The topological polar surface area (TPSA) is 111 Å². The summed E-state index contributed by atoms with van der Waals surface area (Å²) in [4.78, 5) is 24.3. The number of methoxy groups -OCH3 is 1. The summed E-state index contributed by atoms with van der Waals surface area (Å²) in [5.41, 5.74) is 1.12. The van der Waals surface area contributed by atoms with Gasteiger partial charge in [0.2, 0.25) is 10.0 Å². The molecule has 1 unspecified atom stereocenters. The number of rotatable bonds is 9. The molecule has 2 rings (SSSR count). The Kier molecular flexibility index (Phi) is 8.35. The van der Waals surface area contributed by atoms with Gasteiger partial charge in [0.25, 0.3) is 5.91 Å². The predicted molar refractivity (Wildman–Crippen MR) is 118 cm³/mol. The molecule has 2 aromatic carbocycles. The molecule has 0 saturated carbocycles. The Morgan fingerprint density at radius 2 is 1.71 bits per heavy atom. The SMILES string of the molecule is COc1cccc(/C=C/C(=O)OC(C)C(=O)Nc2ccc(S(=O)(=O)NC(C)C)cc2)c1. The number of sulfonamides is 1. The van der Waals surface area contributed by atoms with Gasteiger partial charge < -0.3 is 14.8 Å². The van der Waals surface area contributed by atoms with Crippen LogP contribution in [-0.2, 0) is 24.3 Å². The lowest BCUT2D eigenvalue weighted by Crippen LogP contribution is -2.30. The first-order valence-corrected chi connectivity index (χ1v) is 11.0. The molecule has 0 radical (unpaired) electrons. The molecule has 2 N–H and O–H groups in total. The van der Waals surface area contributed by atoms with E-state index in [-0.39, 0.29) is 10.9 Å². The molecule has 0 bridgehead atoms. The summed E-state index contributed by atoms with van der Waals surface area (Å²) in [5, 5.41) is 2.58. The lowest BCUT2D eigenvalue weighted by molar-refractivity contribution is -0.148. The molecule has 166 valence electrons. The number of esters is 1. The summed E-state index contributed by atoms with van der Waals surface area (Å²) in [5.74, 6) is -0.562. The van der Waals surface area contributed by atoms with Crippen molar-refractivity contribution in [2.45, 2.75) is 37.8 Å². The second-order valence-corrected chi connectivity index (χ2v) is 8.69. The van der Waals surface area contributed by atoms with Gasteiger partial charge in [-0.05, 0) is 68.8 Å². The molecule has 1 atom stereocenters. The van der Waals surface area contributed by atoms with Crippen LogP contribution in [0.3, 0.4) is 0 Å². The van der Waals surface area contributed by atoms with Gasteiger partial charge in [0, 0.05) is 17.8 Å². The third-order valence-corrected chi connectivity index (χ3v) is 5.67. The highest BCUT2D eigenvalue weighted by Crippen LogP contribution is 2.16. The van der Waals surface area contributed by atoms with E-state index in [4.69, 9.17) is 9.47 Å². The van der Waals surface area contributed by atoms with Crippen LogP contribution in [0, 0.1) is 0 Å². The van der Waals surface area contributed by atoms with E-state index in [1.807, 2.05) is 0 Å². The Morgan fingerprint density at radius 1 is 1.03 bits per heavy atom. The molecular weight excluding hydrogens is 420 g/mol. The summed E-state index contributed by atoms with van der Waals surface area (Å²) in [6.07, 6.45) is 1.73. The molecule has 0 aromatic heterocycles. The summed E-state index contributed by atoms with van der Waals surface area (Å²) < 4.78 is 37.0. The van der Waals surface area contributed by atoms with Crippen LogP contribution in [0.2, 0.25) is 0 Å². The maximum atomic E-state index is 12.3. The zero-order chi connectivity index (χ0) is 23.0. The van der Waals surface area contributed by atoms with Gasteiger partial charge in [-0.2, -0.15) is 0 Å². The largest absolute Gasteiger partial charge is 0.497 e. The maximum absolute atomic E-state index is 12.3. The number of hydrogen-bond donors (Lipinski definition) is 2. The predicted octanol–water partition coefficient (Wildman–Crippen LogP) is 2.97. The number of ether oxygens (including phenoxy) is 2. The van der Waals surface area contributed by atoms with Gasteiger partial charge in [0.05, 0.1) is 12.0 Å². The van der Waals surface area contributed by atoms with Crippen molar-refractivity contribution in [3.63, 3.8) is 0 Å². The molecule has 9 heteroatoms. The number of carbonyl (C=O) groups excluding carboxylic acids is 2. The number of amides is 1. The van der Waals surface area contributed by atoms with Crippen molar-refractivity contribution < 1.29 is 27.5 Å². The first kappa shape index (κ1) is 24.1. The first-order chi connectivity index (χ1) is 14.6. The molecule has 0 aliphatic rings. The number of benzene rings is 2. The summed E-state index contributed by atoms with van der Waals surface area (Å²) in [6.45, 7) is 4.89. The van der Waals surface area contributed by atoms with Crippen molar-refractivity contribution in [2.75, 3.05) is 12.4 Å². The highest BCUT2D eigenvalue weighted by molar-refractivity contribution is 7.89. The van der Waals surface area contributed by atoms with Gasteiger partial charge in [-0.1, -0.05) is 12.1 Å². The minimum absolute atomic E-state index is 0.0846. The average Bonchev–Trinajstić information content (AvgIpc) is 2.71. The summed E-state index contributed by atoms with van der Waals surface area (Å²) >= 11 is 0. The fourth-order valence-electron chi connectivity index (χ4n) is 2.52. The Hall–Kier alpha value is -3.17. The second-order valence-electron chi connectivity index (χ2n) is 6.98. The average molecular weight is 447 g/mol. The minimum atomic E-state index is -3.62. The minimum Gasteiger partial charge on any atom is -0.497 e. The van der Waals surface area contributed by atoms with E-state index in [0.29, 0.717) is 11.4 Å². The van der Waals surface area contributed by atoms with Crippen LogP contribution in [0.15, 0.2) is 59.5 Å². The van der Waals surface area contributed by atoms with Crippen LogP contribution in [-0.4, -0.2) is 39.5 Å². The van der Waals surface area contributed by atoms with Crippen molar-refractivity contribution in [3.8, 4) is 5.75 Å². The fourth-order valence-corrected chi connectivity index (χ4v) is 3.77. The second kappa shape index (κ2) is 10.7. The fraction of sp³-hybridized carbons (Fsp3) is 0.273. The quantitative estimate of drug-likeness (QED) is 0.453. The zero-order valence-corrected chi connectivity index (χ0v) is 18.6. The Balaban J connectivity index is 1.93. The molecular formula is C22H26N2O6S. The zero-order valence-electron chi connectivity index (χ0n) is 17.8. The summed E-state index contributed by atoms with van der Waals surface area (Å²) in [7, 11) is -2.07. The molecule has 0 saturated heterocycles. The standard InChI is InChI=1S/C22H26N2O6S/c1-15(2)24-31(27,28)20-11-9-18(10-12-20)23-22(26)16(3)30-21(25)13-8-17-6-5-7-19(14-17)29-4/h5-16,24H,1-4H3,(H,23,26)/b13-8+. The number of carbonyl (C=O) groups is 2. The molecule has 2 aromatic rings. The van der Waals surface area contributed by atoms with Crippen LogP contribution in [0.5, 0.6) is 5.75 Å². The smallest absolute Gasteiger partial charge is 0.331 e.